The summed E-state index contributed by atoms with van der Waals surface area (Å²) >= 11 is 1.36. The van der Waals surface area contributed by atoms with Gasteiger partial charge in [-0.15, -0.1) is 11.3 Å². The summed E-state index contributed by atoms with van der Waals surface area (Å²) in [5.74, 6) is -0.399. The zero-order valence-electron chi connectivity index (χ0n) is 16.7. The predicted molar refractivity (Wildman–Crippen MR) is 106 cm³/mol. The average Bonchev–Trinajstić information content (AvgIpc) is 3.09. The smallest absolute Gasteiger partial charge is 0.350 e. The number of thiophene rings is 1. The van der Waals surface area contributed by atoms with Gasteiger partial charge >= 0.3 is 5.97 Å². The van der Waals surface area contributed by atoms with E-state index >= 15 is 0 Å². The van der Waals surface area contributed by atoms with Crippen molar-refractivity contribution in [3.05, 3.63) is 15.8 Å². The van der Waals surface area contributed by atoms with Gasteiger partial charge in [0.25, 0.3) is 0 Å². The summed E-state index contributed by atoms with van der Waals surface area (Å²) in [7, 11) is 1.32. The topological polar surface area (TPSA) is 87.1 Å². The molecule has 1 aromatic rings. The number of aliphatic hydroxyl groups excluding tert-OH is 2. The van der Waals surface area contributed by atoms with E-state index in [2.05, 4.69) is 13.8 Å². The van der Waals surface area contributed by atoms with Crippen molar-refractivity contribution in [2.24, 2.45) is 5.41 Å². The average molecular weight is 398 g/mol. The molecule has 0 aromatic carbocycles. The summed E-state index contributed by atoms with van der Waals surface area (Å²) < 4.78 is 4.93. The number of carbonyl (C=O) groups is 2. The first-order valence-electron chi connectivity index (χ1n) is 9.53. The normalized spacial score (nSPS) is 17.1. The fourth-order valence-electron chi connectivity index (χ4n) is 3.63. The predicted octanol–water partition coefficient (Wildman–Crippen LogP) is 3.31. The molecule has 0 atom stereocenters. The number of hydrogen-bond donors (Lipinski definition) is 2. The minimum Gasteiger partial charge on any atom is -0.465 e. The lowest BCUT2D eigenvalue weighted by Gasteiger charge is -2.34. The molecule has 0 bridgehead atoms. The van der Waals surface area contributed by atoms with Crippen LogP contribution >= 0.6 is 11.3 Å². The third kappa shape index (κ3) is 4.89. The number of aliphatic hydroxyl groups is 2. The van der Waals surface area contributed by atoms with Crippen LogP contribution in [0, 0.1) is 5.41 Å². The van der Waals surface area contributed by atoms with Crippen molar-refractivity contribution in [1.29, 1.82) is 0 Å². The maximum absolute atomic E-state index is 12.6. The van der Waals surface area contributed by atoms with E-state index in [1.165, 1.54) is 23.3 Å². The maximum atomic E-state index is 12.6. The Balaban J connectivity index is 2.45. The van der Waals surface area contributed by atoms with Crippen molar-refractivity contribution in [3.8, 4) is 0 Å². The van der Waals surface area contributed by atoms with Gasteiger partial charge in [-0.3, -0.25) is 4.79 Å². The Labute approximate surface area is 165 Å². The molecule has 2 rings (SSSR count). The van der Waals surface area contributed by atoms with Gasteiger partial charge in [-0.25, -0.2) is 4.79 Å². The molecule has 1 amide bonds. The van der Waals surface area contributed by atoms with Crippen molar-refractivity contribution in [2.45, 2.75) is 64.8 Å². The molecule has 0 unspecified atom stereocenters. The van der Waals surface area contributed by atoms with E-state index in [0.29, 0.717) is 21.9 Å². The van der Waals surface area contributed by atoms with Crippen LogP contribution in [0.2, 0.25) is 0 Å². The van der Waals surface area contributed by atoms with Gasteiger partial charge < -0.3 is 19.8 Å². The van der Waals surface area contributed by atoms with E-state index < -0.39 is 12.0 Å². The molecular weight excluding hydrogens is 366 g/mol. The fourth-order valence-corrected chi connectivity index (χ4v) is 4.87. The monoisotopic (exact) mass is 397 g/mol. The molecule has 2 N–H and O–H groups in total. The quantitative estimate of drug-likeness (QED) is 0.689. The van der Waals surface area contributed by atoms with Crippen molar-refractivity contribution >= 4 is 28.9 Å². The molecule has 1 aliphatic carbocycles. The number of methoxy groups -OCH3 is 1. The van der Waals surface area contributed by atoms with Gasteiger partial charge in [-0.05, 0) is 43.1 Å². The Bertz CT molecular complexity index is 655. The van der Waals surface area contributed by atoms with Crippen LogP contribution in [-0.2, 0) is 9.53 Å². The van der Waals surface area contributed by atoms with Gasteiger partial charge in [-0.1, -0.05) is 20.8 Å². The third-order valence-electron chi connectivity index (χ3n) is 5.46. The van der Waals surface area contributed by atoms with E-state index in [9.17, 15) is 19.8 Å². The maximum Gasteiger partial charge on any atom is 0.350 e. The molecule has 1 aromatic heterocycles. The van der Waals surface area contributed by atoms with E-state index in [0.717, 1.165) is 30.6 Å². The van der Waals surface area contributed by atoms with Gasteiger partial charge in [0.05, 0.1) is 32.1 Å². The van der Waals surface area contributed by atoms with Gasteiger partial charge in [-0.2, -0.15) is 0 Å². The summed E-state index contributed by atoms with van der Waals surface area (Å²) in [5, 5.41) is 19.3. The zero-order chi connectivity index (χ0) is 20.2. The Morgan fingerprint density at radius 2 is 1.89 bits per heavy atom. The first-order chi connectivity index (χ1) is 12.8. The number of nitrogens with zero attached hydrogens (tertiary/aromatic N) is 1. The molecule has 152 valence electrons. The summed E-state index contributed by atoms with van der Waals surface area (Å²) in [6.45, 7) is 5.50. The molecule has 1 aliphatic rings. The van der Waals surface area contributed by atoms with Gasteiger partial charge in [0.15, 0.2) is 0 Å². The zero-order valence-corrected chi connectivity index (χ0v) is 17.5. The summed E-state index contributed by atoms with van der Waals surface area (Å²) in [6.07, 6.45) is 4.52. The van der Waals surface area contributed by atoms with Crippen LogP contribution in [0.5, 0.6) is 0 Å². The van der Waals surface area contributed by atoms with Crippen LogP contribution in [0.4, 0.5) is 5.69 Å². The molecule has 6 nitrogen and oxygen atoms in total. The van der Waals surface area contributed by atoms with Gasteiger partial charge in [0.2, 0.25) is 5.91 Å². The van der Waals surface area contributed by atoms with Gasteiger partial charge in [0.1, 0.15) is 4.88 Å². The Morgan fingerprint density at radius 1 is 1.30 bits per heavy atom. The van der Waals surface area contributed by atoms with Crippen LogP contribution in [0.15, 0.2) is 6.07 Å². The van der Waals surface area contributed by atoms with E-state index in [1.807, 2.05) is 6.07 Å². The molecule has 1 heterocycles. The van der Waals surface area contributed by atoms with Gasteiger partial charge in [0, 0.05) is 11.3 Å². The number of rotatable bonds is 7. The van der Waals surface area contributed by atoms with E-state index in [1.54, 1.807) is 6.92 Å². The summed E-state index contributed by atoms with van der Waals surface area (Å²) in [6, 6.07) is 1.10. The van der Waals surface area contributed by atoms with Crippen LogP contribution < -0.4 is 4.90 Å². The Kier molecular flexibility index (Phi) is 7.42. The van der Waals surface area contributed by atoms with Crippen molar-refractivity contribution in [1.82, 2.24) is 0 Å². The van der Waals surface area contributed by atoms with E-state index in [-0.39, 0.29) is 25.5 Å². The first kappa shape index (κ1) is 21.9. The molecule has 1 saturated carbocycles. The number of ether oxygens (including phenoxy) is 1. The number of hydrogen-bond acceptors (Lipinski definition) is 6. The second kappa shape index (κ2) is 9.17. The lowest BCUT2D eigenvalue weighted by atomic mass is 9.73. The second-order valence-corrected chi connectivity index (χ2v) is 9.01. The van der Waals surface area contributed by atoms with E-state index in [4.69, 9.17) is 4.74 Å². The highest BCUT2D eigenvalue weighted by atomic mass is 32.1. The number of anilines is 1. The Morgan fingerprint density at radius 3 is 2.37 bits per heavy atom. The Hall–Kier alpha value is -1.44. The molecule has 0 spiro atoms. The molecular formula is C20H31NO5S. The highest BCUT2D eigenvalue weighted by Gasteiger charge is 2.33. The first-order valence-corrected chi connectivity index (χ1v) is 10.4. The molecule has 7 heteroatoms. The largest absolute Gasteiger partial charge is 0.465 e. The molecule has 0 aliphatic heterocycles. The van der Waals surface area contributed by atoms with Crippen molar-refractivity contribution in [3.63, 3.8) is 0 Å². The molecule has 1 fully saturated rings. The SMILES string of the molecule is CCC(=O)N(c1cc(C2CCC(C)(C)CC2)sc1C(=O)OC)C(CO)CO. The molecule has 27 heavy (non-hydrogen) atoms. The number of carbonyl (C=O) groups excluding carboxylic acids is 2. The molecule has 0 saturated heterocycles. The fraction of sp³-hybridized carbons (Fsp3) is 0.700. The van der Waals surface area contributed by atoms with Crippen molar-refractivity contribution in [2.75, 3.05) is 25.2 Å². The standard InChI is InChI=1S/C20H31NO5S/c1-5-17(24)21(14(11-22)12-23)15-10-16(27-18(15)19(25)26-4)13-6-8-20(2,3)9-7-13/h10,13-14,22-23H,5-9,11-12H2,1-4H3. The third-order valence-corrected chi connectivity index (χ3v) is 6.73. The van der Waals surface area contributed by atoms with Crippen molar-refractivity contribution < 1.29 is 24.5 Å². The van der Waals surface area contributed by atoms with Crippen LogP contribution in [0.1, 0.15) is 73.3 Å². The lowest BCUT2D eigenvalue weighted by molar-refractivity contribution is -0.119. The minimum atomic E-state index is -0.784. The number of amides is 1. The van der Waals surface area contributed by atoms with Crippen LogP contribution in [0.25, 0.3) is 0 Å². The number of esters is 1. The highest BCUT2D eigenvalue weighted by molar-refractivity contribution is 7.14. The molecule has 0 radical (unpaired) electrons. The minimum absolute atomic E-state index is 0.208. The lowest BCUT2D eigenvalue weighted by Crippen LogP contribution is -2.45. The summed E-state index contributed by atoms with van der Waals surface area (Å²) in [4.78, 5) is 27.7. The van der Waals surface area contributed by atoms with Crippen LogP contribution in [-0.4, -0.2) is 48.5 Å². The highest BCUT2D eigenvalue weighted by Crippen LogP contribution is 2.46. The second-order valence-electron chi connectivity index (χ2n) is 7.93. The van der Waals surface area contributed by atoms with Crippen LogP contribution in [0.3, 0.4) is 0 Å². The summed E-state index contributed by atoms with van der Waals surface area (Å²) in [5.41, 5.74) is 0.775.